The zero-order valence-electron chi connectivity index (χ0n) is 12.9. The van der Waals surface area contributed by atoms with Gasteiger partial charge in [-0.25, -0.2) is 4.79 Å². The molecule has 1 aliphatic heterocycles. The SMILES string of the molecule is CCC(CC)C(C)NC(=O)N1CCNC(=O)C1CC(=O)O. The van der Waals surface area contributed by atoms with Crippen molar-refractivity contribution in [3.05, 3.63) is 0 Å². The van der Waals surface area contributed by atoms with Gasteiger partial charge in [-0.05, 0) is 12.8 Å². The molecule has 0 bridgehead atoms. The van der Waals surface area contributed by atoms with E-state index in [1.54, 1.807) is 0 Å². The second-order valence-corrected chi connectivity index (χ2v) is 5.41. The van der Waals surface area contributed by atoms with E-state index in [9.17, 15) is 14.4 Å². The Hall–Kier alpha value is -1.79. The fraction of sp³-hybridized carbons (Fsp3) is 0.786. The number of amides is 3. The van der Waals surface area contributed by atoms with Gasteiger partial charge in [0.2, 0.25) is 5.91 Å². The number of piperazine rings is 1. The molecule has 2 unspecified atom stereocenters. The third kappa shape index (κ3) is 4.61. The molecular formula is C14H25N3O4. The van der Waals surface area contributed by atoms with Crippen LogP contribution < -0.4 is 10.6 Å². The van der Waals surface area contributed by atoms with Gasteiger partial charge in [-0.15, -0.1) is 0 Å². The first-order valence-corrected chi connectivity index (χ1v) is 7.47. The van der Waals surface area contributed by atoms with Crippen LogP contribution in [0.5, 0.6) is 0 Å². The summed E-state index contributed by atoms with van der Waals surface area (Å²) in [4.78, 5) is 36.3. The molecule has 1 rings (SSSR count). The average molecular weight is 299 g/mol. The van der Waals surface area contributed by atoms with Crippen molar-refractivity contribution in [2.75, 3.05) is 13.1 Å². The van der Waals surface area contributed by atoms with E-state index < -0.39 is 17.9 Å². The van der Waals surface area contributed by atoms with Crippen LogP contribution in [0.2, 0.25) is 0 Å². The lowest BCUT2D eigenvalue weighted by Gasteiger charge is -2.35. The van der Waals surface area contributed by atoms with Crippen LogP contribution in [0.3, 0.4) is 0 Å². The maximum Gasteiger partial charge on any atom is 0.318 e. The third-order valence-corrected chi connectivity index (χ3v) is 4.07. The molecular weight excluding hydrogens is 274 g/mol. The van der Waals surface area contributed by atoms with Crippen molar-refractivity contribution in [2.45, 2.75) is 52.1 Å². The van der Waals surface area contributed by atoms with Crippen LogP contribution in [0.25, 0.3) is 0 Å². The number of nitrogens with zero attached hydrogens (tertiary/aromatic N) is 1. The second kappa shape index (κ2) is 7.85. The van der Waals surface area contributed by atoms with E-state index in [1.165, 1.54) is 4.90 Å². The molecule has 2 atom stereocenters. The molecule has 0 aromatic carbocycles. The van der Waals surface area contributed by atoms with Crippen molar-refractivity contribution < 1.29 is 19.5 Å². The van der Waals surface area contributed by atoms with Gasteiger partial charge in [-0.3, -0.25) is 9.59 Å². The van der Waals surface area contributed by atoms with Crippen LogP contribution in [0.4, 0.5) is 4.79 Å². The van der Waals surface area contributed by atoms with Crippen LogP contribution in [-0.2, 0) is 9.59 Å². The van der Waals surface area contributed by atoms with Gasteiger partial charge >= 0.3 is 12.0 Å². The molecule has 7 nitrogen and oxygen atoms in total. The summed E-state index contributed by atoms with van der Waals surface area (Å²) < 4.78 is 0. The Labute approximate surface area is 125 Å². The van der Waals surface area contributed by atoms with E-state index in [-0.39, 0.29) is 18.5 Å². The summed E-state index contributed by atoms with van der Waals surface area (Å²) >= 11 is 0. The minimum atomic E-state index is -1.09. The van der Waals surface area contributed by atoms with Gasteiger partial charge in [0.1, 0.15) is 6.04 Å². The van der Waals surface area contributed by atoms with Crippen molar-refractivity contribution in [1.82, 2.24) is 15.5 Å². The third-order valence-electron chi connectivity index (χ3n) is 4.07. The molecule has 0 aromatic rings. The van der Waals surface area contributed by atoms with Crippen LogP contribution >= 0.6 is 0 Å². The van der Waals surface area contributed by atoms with E-state index in [0.29, 0.717) is 19.0 Å². The summed E-state index contributed by atoms with van der Waals surface area (Å²) in [6.07, 6.45) is 1.53. The Balaban J connectivity index is 2.73. The Kier molecular flexibility index (Phi) is 6.45. The van der Waals surface area contributed by atoms with Gasteiger partial charge < -0.3 is 20.6 Å². The van der Waals surface area contributed by atoms with Crippen molar-refractivity contribution in [3.63, 3.8) is 0 Å². The molecule has 3 N–H and O–H groups in total. The first-order chi connectivity index (χ1) is 9.90. The van der Waals surface area contributed by atoms with Gasteiger partial charge in [-0.1, -0.05) is 26.7 Å². The number of carbonyl (C=O) groups is 3. The molecule has 0 saturated carbocycles. The van der Waals surface area contributed by atoms with E-state index >= 15 is 0 Å². The zero-order valence-corrected chi connectivity index (χ0v) is 12.9. The Morgan fingerprint density at radius 3 is 2.57 bits per heavy atom. The number of carbonyl (C=O) groups excluding carboxylic acids is 2. The molecule has 0 radical (unpaired) electrons. The maximum atomic E-state index is 12.3. The molecule has 1 heterocycles. The highest BCUT2D eigenvalue weighted by atomic mass is 16.4. The van der Waals surface area contributed by atoms with Crippen LogP contribution in [0.15, 0.2) is 0 Å². The number of carboxylic acids is 1. The zero-order chi connectivity index (χ0) is 16.0. The number of nitrogens with one attached hydrogen (secondary N) is 2. The molecule has 0 aliphatic carbocycles. The normalized spacial score (nSPS) is 20.1. The lowest BCUT2D eigenvalue weighted by atomic mass is 9.95. The molecule has 7 heteroatoms. The molecule has 120 valence electrons. The first kappa shape index (κ1) is 17.3. The number of aliphatic carboxylic acids is 1. The van der Waals surface area contributed by atoms with Gasteiger partial charge in [0.25, 0.3) is 0 Å². The molecule has 1 fully saturated rings. The summed E-state index contributed by atoms with van der Waals surface area (Å²) in [5, 5.41) is 14.4. The molecule has 1 aliphatic rings. The molecule has 1 saturated heterocycles. The average Bonchev–Trinajstić information content (AvgIpc) is 2.41. The Bertz CT molecular complexity index is 396. The minimum Gasteiger partial charge on any atom is -0.481 e. The van der Waals surface area contributed by atoms with Crippen molar-refractivity contribution in [1.29, 1.82) is 0 Å². The van der Waals surface area contributed by atoms with Crippen molar-refractivity contribution in [2.24, 2.45) is 5.92 Å². The minimum absolute atomic E-state index is 0.0111. The molecule has 21 heavy (non-hydrogen) atoms. The van der Waals surface area contributed by atoms with Gasteiger partial charge in [0, 0.05) is 19.1 Å². The van der Waals surface area contributed by atoms with E-state index in [2.05, 4.69) is 24.5 Å². The van der Waals surface area contributed by atoms with Crippen LogP contribution in [0, 0.1) is 5.92 Å². The predicted octanol–water partition coefficient (Wildman–Crippen LogP) is 0.796. The summed E-state index contributed by atoms with van der Waals surface area (Å²) in [5.74, 6) is -1.14. The molecule has 0 spiro atoms. The van der Waals surface area contributed by atoms with E-state index in [0.717, 1.165) is 12.8 Å². The van der Waals surface area contributed by atoms with Gasteiger partial charge in [0.05, 0.1) is 6.42 Å². The quantitative estimate of drug-likeness (QED) is 0.675. The van der Waals surface area contributed by atoms with Gasteiger partial charge in [0.15, 0.2) is 0 Å². The van der Waals surface area contributed by atoms with Crippen molar-refractivity contribution >= 4 is 17.9 Å². The lowest BCUT2D eigenvalue weighted by molar-refractivity contribution is -0.142. The van der Waals surface area contributed by atoms with E-state index in [4.69, 9.17) is 5.11 Å². The fourth-order valence-corrected chi connectivity index (χ4v) is 2.72. The number of urea groups is 1. The Morgan fingerprint density at radius 2 is 2.05 bits per heavy atom. The highest BCUT2D eigenvalue weighted by Gasteiger charge is 2.35. The van der Waals surface area contributed by atoms with Crippen LogP contribution in [-0.4, -0.2) is 53.1 Å². The summed E-state index contributed by atoms with van der Waals surface area (Å²) in [6, 6.07) is -1.32. The predicted molar refractivity (Wildman–Crippen MR) is 77.8 cm³/mol. The van der Waals surface area contributed by atoms with Gasteiger partial charge in [-0.2, -0.15) is 0 Å². The Morgan fingerprint density at radius 1 is 1.43 bits per heavy atom. The highest BCUT2D eigenvalue weighted by Crippen LogP contribution is 2.14. The summed E-state index contributed by atoms with van der Waals surface area (Å²) in [6.45, 7) is 6.75. The number of rotatable bonds is 6. The number of hydrogen-bond donors (Lipinski definition) is 3. The molecule has 0 aromatic heterocycles. The number of carboxylic acid groups (broad SMARTS) is 1. The lowest BCUT2D eigenvalue weighted by Crippen LogP contribution is -2.61. The second-order valence-electron chi connectivity index (χ2n) is 5.41. The summed E-state index contributed by atoms with van der Waals surface area (Å²) in [5.41, 5.74) is 0. The first-order valence-electron chi connectivity index (χ1n) is 7.47. The maximum absolute atomic E-state index is 12.3. The smallest absolute Gasteiger partial charge is 0.318 e. The monoisotopic (exact) mass is 299 g/mol. The topological polar surface area (TPSA) is 98.7 Å². The van der Waals surface area contributed by atoms with Crippen molar-refractivity contribution in [3.8, 4) is 0 Å². The van der Waals surface area contributed by atoms with E-state index in [1.807, 2.05) is 6.92 Å². The standard InChI is InChI=1S/C14H25N3O4/c1-4-10(5-2)9(3)16-14(21)17-7-6-15-13(20)11(17)8-12(18)19/h9-11H,4-8H2,1-3H3,(H,15,20)(H,16,21)(H,18,19). The van der Waals surface area contributed by atoms with Crippen LogP contribution in [0.1, 0.15) is 40.0 Å². The summed E-state index contributed by atoms with van der Waals surface area (Å²) in [7, 11) is 0. The highest BCUT2D eigenvalue weighted by molar-refractivity contribution is 5.91. The number of hydrogen-bond acceptors (Lipinski definition) is 3. The molecule has 3 amide bonds. The largest absolute Gasteiger partial charge is 0.481 e. The fourth-order valence-electron chi connectivity index (χ4n) is 2.72.